The number of nitrogens with one attached hydrogen (secondary N) is 2. The summed E-state index contributed by atoms with van der Waals surface area (Å²) in [6.07, 6.45) is 1.18. The zero-order chi connectivity index (χ0) is 16.4. The molecule has 0 aliphatic carbocycles. The molecule has 0 aromatic heterocycles. The summed E-state index contributed by atoms with van der Waals surface area (Å²) >= 11 is 0.125. The predicted molar refractivity (Wildman–Crippen MR) is 89.4 cm³/mol. The van der Waals surface area contributed by atoms with Crippen LogP contribution in [0.5, 0.6) is 0 Å². The third-order valence-corrected chi connectivity index (χ3v) is 3.19. The minimum atomic E-state index is 0.125. The van der Waals surface area contributed by atoms with Crippen molar-refractivity contribution in [2.45, 2.75) is 33.2 Å². The summed E-state index contributed by atoms with van der Waals surface area (Å²) in [5.41, 5.74) is 3.40. The predicted octanol–water partition coefficient (Wildman–Crippen LogP) is 5.16. The molecule has 2 rings (SSSR count). The second-order valence-electron chi connectivity index (χ2n) is 5.74. The second kappa shape index (κ2) is 10.2. The molecule has 0 bridgehead atoms. The van der Waals surface area contributed by atoms with E-state index >= 15 is 0 Å². The number of para-hydroxylation sites is 1. The van der Waals surface area contributed by atoms with E-state index in [0.29, 0.717) is 6.04 Å². The fourth-order valence-corrected chi connectivity index (χ4v) is 2.39. The van der Waals surface area contributed by atoms with Crippen molar-refractivity contribution >= 4 is 17.1 Å². The molecule has 1 atom stereocenters. The first-order valence-electron chi connectivity index (χ1n) is 7.61. The third kappa shape index (κ3) is 6.95. The van der Waals surface area contributed by atoms with Crippen LogP contribution < -0.4 is 10.6 Å². The van der Waals surface area contributed by atoms with Crippen LogP contribution in [0.3, 0.4) is 0 Å². The summed E-state index contributed by atoms with van der Waals surface area (Å²) in [6, 6.07) is 19.2. The standard InChI is InChI=1S/C18H24N2.O.Zn/c1-14(2)13-15(3)19-17-9-11-18(12-10-17)20-16-7-5-4-6-8-16;;/h4-12,14-15,19-20H,13H2,1-3H3;;. The molecular formula is C18H24N2OZn. The number of hydrogen-bond acceptors (Lipinski definition) is 3. The van der Waals surface area contributed by atoms with Crippen molar-refractivity contribution in [3.8, 4) is 0 Å². The monoisotopic (exact) mass is 348 g/mol. The van der Waals surface area contributed by atoms with Crippen molar-refractivity contribution in [1.82, 2.24) is 0 Å². The van der Waals surface area contributed by atoms with Crippen molar-refractivity contribution in [3.63, 3.8) is 0 Å². The topological polar surface area (TPSA) is 41.1 Å². The van der Waals surface area contributed by atoms with Crippen molar-refractivity contribution < 1.29 is 21.8 Å². The zero-order valence-corrected chi connectivity index (χ0v) is 16.6. The van der Waals surface area contributed by atoms with E-state index in [1.54, 1.807) is 0 Å². The molecule has 0 aliphatic rings. The van der Waals surface area contributed by atoms with E-state index in [-0.39, 0.29) is 18.3 Å². The van der Waals surface area contributed by atoms with Crippen LogP contribution in [-0.4, -0.2) is 6.04 Å². The summed E-state index contributed by atoms with van der Waals surface area (Å²) in [5.74, 6) is 0.719. The van der Waals surface area contributed by atoms with Gasteiger partial charge in [-0.3, -0.25) is 0 Å². The van der Waals surface area contributed by atoms with Crippen LogP contribution in [0.4, 0.5) is 17.1 Å². The third-order valence-electron chi connectivity index (χ3n) is 3.19. The van der Waals surface area contributed by atoms with Crippen LogP contribution in [-0.2, 0) is 21.8 Å². The van der Waals surface area contributed by atoms with Crippen LogP contribution in [0.1, 0.15) is 27.2 Å². The summed E-state index contributed by atoms with van der Waals surface area (Å²) in [7, 11) is 0. The minimum absolute atomic E-state index is 0.125. The number of benzene rings is 2. The summed E-state index contributed by atoms with van der Waals surface area (Å²) < 4.78 is 8.38. The van der Waals surface area contributed by atoms with Crippen LogP contribution in [0.2, 0.25) is 0 Å². The van der Waals surface area contributed by atoms with Gasteiger partial charge in [0.05, 0.1) is 0 Å². The van der Waals surface area contributed by atoms with Crippen LogP contribution in [0.25, 0.3) is 0 Å². The van der Waals surface area contributed by atoms with Gasteiger partial charge in [0.15, 0.2) is 0 Å². The van der Waals surface area contributed by atoms with Crippen molar-refractivity contribution in [2.75, 3.05) is 10.6 Å². The van der Waals surface area contributed by atoms with Gasteiger partial charge in [0.25, 0.3) is 0 Å². The molecule has 3 nitrogen and oxygen atoms in total. The summed E-state index contributed by atoms with van der Waals surface area (Å²) in [4.78, 5) is 0. The molecule has 0 spiro atoms. The van der Waals surface area contributed by atoms with Gasteiger partial charge in [0.1, 0.15) is 0 Å². The van der Waals surface area contributed by atoms with Crippen LogP contribution >= 0.6 is 0 Å². The van der Waals surface area contributed by atoms with E-state index in [9.17, 15) is 0 Å². The molecule has 0 radical (unpaired) electrons. The maximum absolute atomic E-state index is 8.38. The molecule has 2 N–H and O–H groups in total. The van der Waals surface area contributed by atoms with E-state index in [1.807, 2.05) is 18.2 Å². The van der Waals surface area contributed by atoms with Gasteiger partial charge in [-0.2, -0.15) is 0 Å². The second-order valence-corrected chi connectivity index (χ2v) is 5.74. The number of rotatable bonds is 6. The molecule has 0 fully saturated rings. The fraction of sp³-hybridized carbons (Fsp3) is 0.333. The molecule has 0 amide bonds. The molecule has 4 heteroatoms. The Morgan fingerprint density at radius 3 is 1.86 bits per heavy atom. The first-order chi connectivity index (χ1) is 10.6. The van der Waals surface area contributed by atoms with Gasteiger partial charge < -0.3 is 10.6 Å². The van der Waals surface area contributed by atoms with Crippen molar-refractivity contribution in [1.29, 1.82) is 0 Å². The van der Waals surface area contributed by atoms with Gasteiger partial charge in [0.2, 0.25) is 0 Å². The Morgan fingerprint density at radius 1 is 0.818 bits per heavy atom. The quantitative estimate of drug-likeness (QED) is 0.708. The van der Waals surface area contributed by atoms with Crippen molar-refractivity contribution in [2.24, 2.45) is 5.92 Å². The molecular weight excluding hydrogens is 326 g/mol. The first-order valence-corrected chi connectivity index (χ1v) is 8.82. The van der Waals surface area contributed by atoms with Crippen LogP contribution in [0, 0.1) is 5.92 Å². The van der Waals surface area contributed by atoms with Gasteiger partial charge in [-0.15, -0.1) is 0 Å². The molecule has 2 aromatic rings. The fourth-order valence-electron chi connectivity index (χ4n) is 2.39. The SMILES string of the molecule is CC(C)CC(C)Nc1ccc(Nc2ccccc2)cc1.[O]=[Zn]. The molecule has 0 aliphatic heterocycles. The summed E-state index contributed by atoms with van der Waals surface area (Å²) in [6.45, 7) is 6.74. The van der Waals surface area contributed by atoms with Gasteiger partial charge in [-0.1, -0.05) is 32.0 Å². The zero-order valence-electron chi connectivity index (χ0n) is 13.7. The van der Waals surface area contributed by atoms with E-state index in [0.717, 1.165) is 17.3 Å². The Bertz CT molecular complexity index is 529. The maximum atomic E-state index is 8.38. The molecule has 22 heavy (non-hydrogen) atoms. The molecule has 2 aromatic carbocycles. The first kappa shape index (κ1) is 18.5. The average molecular weight is 350 g/mol. The van der Waals surface area contributed by atoms with E-state index in [4.69, 9.17) is 3.57 Å². The number of hydrogen-bond donors (Lipinski definition) is 2. The number of anilines is 3. The Balaban J connectivity index is 0.00000116. The van der Waals surface area contributed by atoms with E-state index in [2.05, 4.69) is 67.8 Å². The van der Waals surface area contributed by atoms with Gasteiger partial charge in [0, 0.05) is 23.1 Å². The Morgan fingerprint density at radius 2 is 1.32 bits per heavy atom. The van der Waals surface area contributed by atoms with Gasteiger partial charge >= 0.3 is 21.8 Å². The summed E-state index contributed by atoms with van der Waals surface area (Å²) in [5, 5.41) is 6.93. The average Bonchev–Trinajstić information content (AvgIpc) is 2.51. The van der Waals surface area contributed by atoms with Crippen LogP contribution in [0.15, 0.2) is 54.6 Å². The van der Waals surface area contributed by atoms with Gasteiger partial charge in [-0.05, 0) is 55.7 Å². The molecule has 114 valence electrons. The molecule has 0 saturated heterocycles. The van der Waals surface area contributed by atoms with E-state index in [1.165, 1.54) is 12.1 Å². The van der Waals surface area contributed by atoms with Crippen molar-refractivity contribution in [3.05, 3.63) is 54.6 Å². The molecule has 0 heterocycles. The molecule has 1 unspecified atom stereocenters. The Labute approximate surface area is 143 Å². The Hall–Kier alpha value is -1.54. The normalized spacial score (nSPS) is 11.4. The Kier molecular flexibility index (Phi) is 8.61. The molecule has 0 saturated carbocycles. The van der Waals surface area contributed by atoms with Gasteiger partial charge in [-0.25, -0.2) is 0 Å². The van der Waals surface area contributed by atoms with E-state index < -0.39 is 0 Å².